The maximum absolute atomic E-state index is 11.6. The van der Waals surface area contributed by atoms with E-state index >= 15 is 0 Å². The van der Waals surface area contributed by atoms with Gasteiger partial charge in [-0.25, -0.2) is 0 Å². The van der Waals surface area contributed by atoms with Gasteiger partial charge in [-0.05, 0) is 12.8 Å². The van der Waals surface area contributed by atoms with Crippen LogP contribution in [0.15, 0.2) is 24.4 Å². The van der Waals surface area contributed by atoms with E-state index in [4.69, 9.17) is 4.55 Å². The summed E-state index contributed by atoms with van der Waals surface area (Å²) in [5, 5.41) is 2.76. The molecule has 0 spiro atoms. The topological polar surface area (TPSA) is 113 Å². The van der Waals surface area contributed by atoms with E-state index in [2.05, 4.69) is 23.8 Å². The molecule has 0 heterocycles. The molecule has 0 saturated carbocycles. The van der Waals surface area contributed by atoms with Gasteiger partial charge in [0.25, 0.3) is 21.9 Å². The van der Waals surface area contributed by atoms with Crippen LogP contribution >= 0.6 is 0 Å². The van der Waals surface area contributed by atoms with Crippen molar-refractivity contribution in [1.29, 1.82) is 0 Å². The van der Waals surface area contributed by atoms with Gasteiger partial charge in [0.1, 0.15) is 0 Å². The fraction of sp³-hybridized carbons (Fsp3) is 0.455. The molecule has 3 N–H and O–H groups in total. The van der Waals surface area contributed by atoms with Gasteiger partial charge in [0.05, 0.1) is 5.70 Å². The summed E-state index contributed by atoms with van der Waals surface area (Å²) in [5.41, 5.74) is -0.161. The molecule has 0 bridgehead atoms. The van der Waals surface area contributed by atoms with Crippen LogP contribution in [0, 0.1) is 5.92 Å². The maximum atomic E-state index is 11.6. The molecule has 0 aromatic heterocycles. The molecule has 0 radical (unpaired) electrons. The zero-order chi connectivity index (χ0) is 15.4. The van der Waals surface area contributed by atoms with E-state index in [0.29, 0.717) is 0 Å². The summed E-state index contributed by atoms with van der Waals surface area (Å²) in [6.45, 7) is 11.1. The standard InChI is InChI=1S/C11H18N2O5S/c1-6(2)9(14)12-8(5)10(15)13-11(7(3)4)19(16,17)18/h7,11H,1,5H2,2-4H3,(H,12,14)(H,13,15)(H,16,17,18). The lowest BCUT2D eigenvalue weighted by Gasteiger charge is -2.19. The number of nitrogens with one attached hydrogen (secondary N) is 2. The van der Waals surface area contributed by atoms with Gasteiger partial charge < -0.3 is 10.6 Å². The summed E-state index contributed by atoms with van der Waals surface area (Å²) in [5.74, 6) is -2.05. The minimum Gasteiger partial charge on any atom is -0.332 e. The van der Waals surface area contributed by atoms with Gasteiger partial charge in [0.15, 0.2) is 5.37 Å². The molecule has 0 saturated heterocycles. The average Bonchev–Trinajstić information content (AvgIpc) is 2.22. The zero-order valence-corrected chi connectivity index (χ0v) is 11.9. The summed E-state index contributed by atoms with van der Waals surface area (Å²) in [6, 6.07) is 0. The van der Waals surface area contributed by atoms with Crippen LogP contribution in [-0.2, 0) is 19.7 Å². The molecule has 0 aliphatic rings. The Bertz CT molecular complexity index is 507. The van der Waals surface area contributed by atoms with Gasteiger partial charge in [-0.2, -0.15) is 8.42 Å². The molecule has 1 atom stereocenters. The number of hydrogen-bond donors (Lipinski definition) is 3. The van der Waals surface area contributed by atoms with Crippen molar-refractivity contribution in [2.75, 3.05) is 0 Å². The second-order valence-corrected chi connectivity index (χ2v) is 5.90. The Morgan fingerprint density at radius 3 is 1.95 bits per heavy atom. The Labute approximate surface area is 112 Å². The summed E-state index contributed by atoms with van der Waals surface area (Å²) in [7, 11) is -4.44. The fourth-order valence-corrected chi connectivity index (χ4v) is 2.05. The van der Waals surface area contributed by atoms with Crippen molar-refractivity contribution in [2.45, 2.75) is 26.1 Å². The first kappa shape index (κ1) is 17.3. The molecule has 1 unspecified atom stereocenters. The Kier molecular flexibility index (Phi) is 5.91. The van der Waals surface area contributed by atoms with E-state index < -0.39 is 33.2 Å². The van der Waals surface area contributed by atoms with Crippen LogP contribution in [0.3, 0.4) is 0 Å². The van der Waals surface area contributed by atoms with Crippen molar-refractivity contribution >= 4 is 21.9 Å². The van der Waals surface area contributed by atoms with Crippen LogP contribution in [-0.4, -0.2) is 30.2 Å². The minimum atomic E-state index is -4.44. The molecule has 0 rings (SSSR count). The van der Waals surface area contributed by atoms with Crippen molar-refractivity contribution in [3.8, 4) is 0 Å². The van der Waals surface area contributed by atoms with Crippen LogP contribution in [0.2, 0.25) is 0 Å². The monoisotopic (exact) mass is 290 g/mol. The SMILES string of the molecule is C=C(C)C(=O)NC(=C)C(=O)NC(C(C)C)S(=O)(=O)O. The molecule has 8 heteroatoms. The van der Waals surface area contributed by atoms with Gasteiger partial charge in [-0.3, -0.25) is 14.1 Å². The molecule has 2 amide bonds. The third kappa shape index (κ3) is 5.66. The van der Waals surface area contributed by atoms with Crippen LogP contribution in [0.1, 0.15) is 20.8 Å². The largest absolute Gasteiger partial charge is 0.332 e. The summed E-state index contributed by atoms with van der Waals surface area (Å²) < 4.78 is 31.1. The third-order valence-electron chi connectivity index (χ3n) is 2.13. The van der Waals surface area contributed by atoms with Gasteiger partial charge in [-0.1, -0.05) is 27.0 Å². The smallest absolute Gasteiger partial charge is 0.286 e. The molecule has 0 aromatic rings. The second kappa shape index (κ2) is 6.48. The molecule has 108 valence electrons. The van der Waals surface area contributed by atoms with Crippen LogP contribution < -0.4 is 10.6 Å². The third-order valence-corrected chi connectivity index (χ3v) is 3.43. The fourth-order valence-electron chi connectivity index (χ4n) is 1.10. The Morgan fingerprint density at radius 1 is 1.16 bits per heavy atom. The highest BCUT2D eigenvalue weighted by atomic mass is 32.2. The van der Waals surface area contributed by atoms with Gasteiger partial charge in [0.2, 0.25) is 0 Å². The van der Waals surface area contributed by atoms with E-state index in [1.165, 1.54) is 20.8 Å². The minimum absolute atomic E-state index is 0.170. The van der Waals surface area contributed by atoms with E-state index in [1.54, 1.807) is 0 Å². The van der Waals surface area contributed by atoms with Crippen molar-refractivity contribution in [3.05, 3.63) is 24.4 Å². The van der Waals surface area contributed by atoms with Gasteiger partial charge in [-0.15, -0.1) is 0 Å². The summed E-state index contributed by atoms with van der Waals surface area (Å²) in [6.07, 6.45) is 0. The highest BCUT2D eigenvalue weighted by molar-refractivity contribution is 7.86. The molecule has 19 heavy (non-hydrogen) atoms. The van der Waals surface area contributed by atoms with E-state index in [0.717, 1.165) is 0 Å². The molecule has 0 aromatic carbocycles. The highest BCUT2D eigenvalue weighted by Gasteiger charge is 2.29. The van der Waals surface area contributed by atoms with Crippen molar-refractivity contribution in [3.63, 3.8) is 0 Å². The number of rotatable bonds is 6. The summed E-state index contributed by atoms with van der Waals surface area (Å²) in [4.78, 5) is 22.9. The second-order valence-electron chi connectivity index (χ2n) is 4.37. The molecule has 0 aliphatic carbocycles. The van der Waals surface area contributed by atoms with E-state index in [-0.39, 0.29) is 11.3 Å². The first-order valence-electron chi connectivity index (χ1n) is 5.39. The first-order valence-corrected chi connectivity index (χ1v) is 6.90. The Morgan fingerprint density at radius 2 is 1.63 bits per heavy atom. The zero-order valence-electron chi connectivity index (χ0n) is 11.1. The van der Waals surface area contributed by atoms with E-state index in [9.17, 15) is 18.0 Å². The molecular formula is C11H18N2O5S. The normalized spacial score (nSPS) is 12.7. The van der Waals surface area contributed by atoms with Gasteiger partial charge >= 0.3 is 0 Å². The molecule has 7 nitrogen and oxygen atoms in total. The van der Waals surface area contributed by atoms with Crippen LogP contribution in [0.4, 0.5) is 0 Å². The van der Waals surface area contributed by atoms with Crippen molar-refractivity contribution in [1.82, 2.24) is 10.6 Å². The maximum Gasteiger partial charge on any atom is 0.286 e. The number of amides is 2. The Balaban J connectivity index is 4.81. The lowest BCUT2D eigenvalue weighted by Crippen LogP contribution is -2.46. The highest BCUT2D eigenvalue weighted by Crippen LogP contribution is 2.08. The predicted octanol–water partition coefficient (Wildman–Crippen LogP) is 0.179. The van der Waals surface area contributed by atoms with Crippen LogP contribution in [0.25, 0.3) is 0 Å². The van der Waals surface area contributed by atoms with E-state index in [1.807, 2.05) is 0 Å². The van der Waals surface area contributed by atoms with Crippen molar-refractivity contribution < 1.29 is 22.6 Å². The van der Waals surface area contributed by atoms with Gasteiger partial charge in [0, 0.05) is 5.57 Å². The average molecular weight is 290 g/mol. The lowest BCUT2D eigenvalue weighted by atomic mass is 10.2. The molecule has 0 aliphatic heterocycles. The van der Waals surface area contributed by atoms with Crippen molar-refractivity contribution in [2.24, 2.45) is 5.92 Å². The molecule has 0 fully saturated rings. The number of hydrogen-bond acceptors (Lipinski definition) is 4. The lowest BCUT2D eigenvalue weighted by molar-refractivity contribution is -0.122. The number of carbonyl (C=O) groups excluding carboxylic acids is 2. The number of carbonyl (C=O) groups is 2. The molecular weight excluding hydrogens is 272 g/mol. The summed E-state index contributed by atoms with van der Waals surface area (Å²) >= 11 is 0. The Hall–Kier alpha value is -1.67. The first-order chi connectivity index (χ1) is 8.46. The predicted molar refractivity (Wildman–Crippen MR) is 70.4 cm³/mol. The van der Waals surface area contributed by atoms with Crippen LogP contribution in [0.5, 0.6) is 0 Å². The quantitative estimate of drug-likeness (QED) is 0.477.